The summed E-state index contributed by atoms with van der Waals surface area (Å²) in [4.78, 5) is 14.6. The maximum Gasteiger partial charge on any atom is 0.227 e. The molecule has 3 nitrogen and oxygen atoms in total. The van der Waals surface area contributed by atoms with Crippen molar-refractivity contribution in [3.05, 3.63) is 0 Å². The van der Waals surface area contributed by atoms with Gasteiger partial charge in [0, 0.05) is 25.2 Å². The zero-order valence-corrected chi connectivity index (χ0v) is 10.8. The number of fused-ring (bicyclic) bond motifs is 2. The first-order chi connectivity index (χ1) is 8.28. The van der Waals surface area contributed by atoms with Crippen molar-refractivity contribution >= 4 is 5.91 Å². The highest BCUT2D eigenvalue weighted by molar-refractivity contribution is 5.80. The van der Waals surface area contributed by atoms with Gasteiger partial charge in [-0.2, -0.15) is 0 Å². The number of carbonyl (C=O) groups excluding carboxylic acids is 1. The third-order valence-electron chi connectivity index (χ3n) is 5.01. The van der Waals surface area contributed by atoms with Gasteiger partial charge < -0.3 is 10.2 Å². The first-order valence-electron chi connectivity index (χ1n) is 7.32. The molecule has 17 heavy (non-hydrogen) atoms. The van der Waals surface area contributed by atoms with E-state index in [0.29, 0.717) is 18.0 Å². The molecule has 3 fully saturated rings. The fourth-order valence-corrected chi connectivity index (χ4v) is 3.69. The lowest BCUT2D eigenvalue weighted by Gasteiger charge is -2.34. The third kappa shape index (κ3) is 2.10. The lowest BCUT2D eigenvalue weighted by molar-refractivity contribution is -0.137. The standard InChI is InChI=1S/C14H24N2O/c1-2-16(9-10-4-3-5-10)14(17)12-8-11-6-7-13(12)15-11/h10-13,15H,2-9H2,1H3. The molecule has 0 spiro atoms. The predicted octanol–water partition coefficient (Wildman–Crippen LogP) is 1.78. The summed E-state index contributed by atoms with van der Waals surface area (Å²) in [5.41, 5.74) is 0. The Morgan fingerprint density at radius 3 is 2.59 bits per heavy atom. The van der Waals surface area contributed by atoms with E-state index in [2.05, 4.69) is 17.1 Å². The smallest absolute Gasteiger partial charge is 0.227 e. The SMILES string of the molecule is CCN(CC1CCC1)C(=O)C1CC2CCC1N2. The van der Waals surface area contributed by atoms with E-state index in [1.807, 2.05) is 0 Å². The molecule has 2 bridgehead atoms. The summed E-state index contributed by atoms with van der Waals surface area (Å²) in [6.45, 7) is 4.03. The number of nitrogens with one attached hydrogen (secondary N) is 1. The maximum absolute atomic E-state index is 12.5. The molecular formula is C14H24N2O. The van der Waals surface area contributed by atoms with Crippen LogP contribution in [0.4, 0.5) is 0 Å². The molecule has 1 N–H and O–H groups in total. The summed E-state index contributed by atoms with van der Waals surface area (Å²) >= 11 is 0. The summed E-state index contributed by atoms with van der Waals surface area (Å²) in [6, 6.07) is 1.12. The van der Waals surface area contributed by atoms with Gasteiger partial charge in [-0.25, -0.2) is 0 Å². The minimum Gasteiger partial charge on any atom is -0.342 e. The van der Waals surface area contributed by atoms with E-state index in [1.165, 1.54) is 32.1 Å². The summed E-state index contributed by atoms with van der Waals surface area (Å²) in [5.74, 6) is 1.51. The lowest BCUT2D eigenvalue weighted by Crippen LogP contribution is -2.43. The van der Waals surface area contributed by atoms with Gasteiger partial charge in [0.1, 0.15) is 0 Å². The molecule has 0 aromatic heterocycles. The minimum absolute atomic E-state index is 0.286. The van der Waals surface area contributed by atoms with Crippen LogP contribution >= 0.6 is 0 Å². The van der Waals surface area contributed by atoms with E-state index in [4.69, 9.17) is 0 Å². The average Bonchev–Trinajstić information content (AvgIpc) is 2.88. The predicted molar refractivity (Wildman–Crippen MR) is 67.6 cm³/mol. The highest BCUT2D eigenvalue weighted by Crippen LogP contribution is 2.35. The maximum atomic E-state index is 12.5. The molecule has 3 heteroatoms. The van der Waals surface area contributed by atoms with Gasteiger partial charge in [0.15, 0.2) is 0 Å². The highest BCUT2D eigenvalue weighted by Gasteiger charge is 2.44. The molecule has 3 unspecified atom stereocenters. The van der Waals surface area contributed by atoms with Crippen LogP contribution in [0.5, 0.6) is 0 Å². The molecule has 0 aromatic rings. The third-order valence-corrected chi connectivity index (χ3v) is 5.01. The monoisotopic (exact) mass is 236 g/mol. The molecule has 0 radical (unpaired) electrons. The molecule has 1 saturated carbocycles. The number of hydrogen-bond donors (Lipinski definition) is 1. The second kappa shape index (κ2) is 4.60. The van der Waals surface area contributed by atoms with E-state index in [1.54, 1.807) is 0 Å². The van der Waals surface area contributed by atoms with Crippen LogP contribution in [0, 0.1) is 11.8 Å². The molecule has 3 aliphatic rings. The summed E-state index contributed by atoms with van der Waals surface area (Å²) < 4.78 is 0. The van der Waals surface area contributed by atoms with Crippen molar-refractivity contribution in [3.63, 3.8) is 0 Å². The first kappa shape index (κ1) is 11.5. The Hall–Kier alpha value is -0.570. The van der Waals surface area contributed by atoms with E-state index < -0.39 is 0 Å². The number of amides is 1. The van der Waals surface area contributed by atoms with Crippen molar-refractivity contribution in [2.75, 3.05) is 13.1 Å². The quantitative estimate of drug-likeness (QED) is 0.807. The summed E-state index contributed by atoms with van der Waals surface area (Å²) in [6.07, 6.45) is 7.61. The molecule has 2 saturated heterocycles. The molecule has 96 valence electrons. The van der Waals surface area contributed by atoms with Crippen LogP contribution in [0.3, 0.4) is 0 Å². The summed E-state index contributed by atoms with van der Waals surface area (Å²) in [7, 11) is 0. The van der Waals surface area contributed by atoms with Gasteiger partial charge in [-0.05, 0) is 44.9 Å². The van der Waals surface area contributed by atoms with Gasteiger partial charge in [0.25, 0.3) is 0 Å². The van der Waals surface area contributed by atoms with Crippen molar-refractivity contribution in [3.8, 4) is 0 Å². The van der Waals surface area contributed by atoms with Crippen LogP contribution in [0.15, 0.2) is 0 Å². The number of hydrogen-bond acceptors (Lipinski definition) is 2. The zero-order chi connectivity index (χ0) is 11.8. The van der Waals surface area contributed by atoms with Gasteiger partial charge in [0.2, 0.25) is 5.91 Å². The average molecular weight is 236 g/mol. The van der Waals surface area contributed by atoms with E-state index in [0.717, 1.165) is 25.4 Å². The van der Waals surface area contributed by atoms with Crippen molar-refractivity contribution in [2.24, 2.45) is 11.8 Å². The Kier molecular flexibility index (Phi) is 3.12. The molecule has 1 amide bonds. The van der Waals surface area contributed by atoms with Crippen LogP contribution in [-0.4, -0.2) is 36.0 Å². The minimum atomic E-state index is 0.286. The van der Waals surface area contributed by atoms with E-state index in [-0.39, 0.29) is 5.92 Å². The van der Waals surface area contributed by atoms with E-state index in [9.17, 15) is 4.79 Å². The Morgan fingerprint density at radius 1 is 1.29 bits per heavy atom. The van der Waals surface area contributed by atoms with Gasteiger partial charge >= 0.3 is 0 Å². The number of carbonyl (C=O) groups is 1. The van der Waals surface area contributed by atoms with Crippen LogP contribution in [0.2, 0.25) is 0 Å². The molecule has 0 aromatic carbocycles. The largest absolute Gasteiger partial charge is 0.342 e. The zero-order valence-electron chi connectivity index (χ0n) is 10.8. The Morgan fingerprint density at radius 2 is 2.12 bits per heavy atom. The highest BCUT2D eigenvalue weighted by atomic mass is 16.2. The second-order valence-electron chi connectivity index (χ2n) is 6.06. The first-order valence-corrected chi connectivity index (χ1v) is 7.32. The van der Waals surface area contributed by atoms with Crippen LogP contribution in [-0.2, 0) is 4.79 Å². The van der Waals surface area contributed by atoms with Gasteiger partial charge in [0.05, 0.1) is 5.92 Å². The molecule has 2 aliphatic heterocycles. The fourth-order valence-electron chi connectivity index (χ4n) is 3.69. The molecule has 2 heterocycles. The Balaban J connectivity index is 1.59. The van der Waals surface area contributed by atoms with Crippen molar-refractivity contribution in [2.45, 2.75) is 57.5 Å². The molecule has 1 aliphatic carbocycles. The molecular weight excluding hydrogens is 212 g/mol. The lowest BCUT2D eigenvalue weighted by atomic mass is 9.84. The van der Waals surface area contributed by atoms with Crippen molar-refractivity contribution in [1.82, 2.24) is 10.2 Å². The van der Waals surface area contributed by atoms with Crippen molar-refractivity contribution < 1.29 is 4.79 Å². The number of rotatable bonds is 4. The van der Waals surface area contributed by atoms with Gasteiger partial charge in [-0.3, -0.25) is 4.79 Å². The summed E-state index contributed by atoms with van der Waals surface area (Å²) in [5, 5.41) is 3.57. The van der Waals surface area contributed by atoms with Crippen LogP contribution in [0.25, 0.3) is 0 Å². The molecule has 3 rings (SSSR count). The normalized spacial score (nSPS) is 35.9. The van der Waals surface area contributed by atoms with Crippen LogP contribution < -0.4 is 5.32 Å². The molecule has 3 atom stereocenters. The number of nitrogens with zero attached hydrogens (tertiary/aromatic N) is 1. The fraction of sp³-hybridized carbons (Fsp3) is 0.929. The van der Waals surface area contributed by atoms with Crippen molar-refractivity contribution in [1.29, 1.82) is 0 Å². The van der Waals surface area contributed by atoms with Crippen LogP contribution in [0.1, 0.15) is 45.4 Å². The Bertz CT molecular complexity index is 301. The van der Waals surface area contributed by atoms with E-state index >= 15 is 0 Å². The Labute approximate surface area is 104 Å². The topological polar surface area (TPSA) is 32.3 Å². The second-order valence-corrected chi connectivity index (χ2v) is 6.06. The van der Waals surface area contributed by atoms with Gasteiger partial charge in [-0.1, -0.05) is 6.42 Å². The van der Waals surface area contributed by atoms with Gasteiger partial charge in [-0.15, -0.1) is 0 Å².